The Hall–Kier alpha value is -3.04. The number of halogens is 2. The summed E-state index contributed by atoms with van der Waals surface area (Å²) in [4.78, 5) is 36.6. The van der Waals surface area contributed by atoms with Crippen molar-refractivity contribution in [3.63, 3.8) is 0 Å². The summed E-state index contributed by atoms with van der Waals surface area (Å²) in [6.45, 7) is 0.111. The topological polar surface area (TPSA) is 102 Å². The smallest absolute Gasteiger partial charge is 0.312 e. The molecule has 5 rings (SSSR count). The third kappa shape index (κ3) is 3.85. The largest absolute Gasteiger partial charge is 0.481 e. The molecular formula is C23H17BrClN3O5. The highest BCUT2D eigenvalue weighted by Crippen LogP contribution is 2.52. The van der Waals surface area contributed by atoms with Gasteiger partial charge in [-0.1, -0.05) is 35.9 Å². The number of ether oxygens (including phenoxy) is 1. The molecule has 2 fully saturated rings. The monoisotopic (exact) mass is 529 g/mol. The molecular weight excluding hydrogens is 514 g/mol. The Labute approximate surface area is 202 Å². The summed E-state index contributed by atoms with van der Waals surface area (Å²) in [6, 6.07) is 9.83. The zero-order valence-corrected chi connectivity index (χ0v) is 19.4. The molecule has 0 spiro atoms. The van der Waals surface area contributed by atoms with Gasteiger partial charge in [-0.15, -0.1) is 0 Å². The highest BCUT2D eigenvalue weighted by atomic mass is 79.9. The van der Waals surface area contributed by atoms with Gasteiger partial charge in [-0.25, -0.2) is 0 Å². The van der Waals surface area contributed by atoms with Gasteiger partial charge in [-0.05, 0) is 57.9 Å². The molecule has 2 bridgehead atoms. The number of hydrogen-bond donors (Lipinski definition) is 0. The summed E-state index contributed by atoms with van der Waals surface area (Å²) in [7, 11) is 0. The number of fused-ring (bicyclic) bond motifs is 5. The van der Waals surface area contributed by atoms with E-state index in [1.165, 1.54) is 12.3 Å². The number of hydrazone groups is 1. The van der Waals surface area contributed by atoms with Gasteiger partial charge in [0.2, 0.25) is 5.75 Å². The molecule has 3 aliphatic rings. The summed E-state index contributed by atoms with van der Waals surface area (Å²) in [5.74, 6) is -1.08. The Balaban J connectivity index is 1.36. The van der Waals surface area contributed by atoms with E-state index in [2.05, 4.69) is 21.0 Å². The Morgan fingerprint density at radius 2 is 1.79 bits per heavy atom. The van der Waals surface area contributed by atoms with Gasteiger partial charge in [-0.3, -0.25) is 19.7 Å². The molecule has 4 atom stereocenters. The lowest BCUT2D eigenvalue weighted by Crippen LogP contribution is -2.28. The van der Waals surface area contributed by atoms with E-state index in [4.69, 9.17) is 16.3 Å². The number of nitro benzene ring substituents is 1. The summed E-state index contributed by atoms with van der Waals surface area (Å²) in [5.41, 5.74) is 0.885. The number of amides is 2. The predicted octanol–water partition coefficient (Wildman–Crippen LogP) is 4.73. The van der Waals surface area contributed by atoms with Crippen molar-refractivity contribution in [2.45, 2.75) is 13.0 Å². The molecule has 2 amide bonds. The van der Waals surface area contributed by atoms with Crippen molar-refractivity contribution >= 4 is 51.2 Å². The molecule has 0 aromatic heterocycles. The van der Waals surface area contributed by atoms with E-state index in [1.807, 2.05) is 12.2 Å². The molecule has 8 nitrogen and oxygen atoms in total. The third-order valence-corrected chi connectivity index (χ3v) is 7.15. The molecule has 1 heterocycles. The number of carbonyl (C=O) groups is 2. The van der Waals surface area contributed by atoms with Crippen LogP contribution in [0.15, 0.2) is 58.1 Å². The van der Waals surface area contributed by atoms with Crippen molar-refractivity contribution in [3.8, 4) is 5.75 Å². The molecule has 2 aliphatic carbocycles. The van der Waals surface area contributed by atoms with Gasteiger partial charge in [0.05, 0.1) is 27.4 Å². The van der Waals surface area contributed by atoms with Gasteiger partial charge in [0.25, 0.3) is 11.8 Å². The second-order valence-corrected chi connectivity index (χ2v) is 9.55. The zero-order chi connectivity index (χ0) is 23.3. The van der Waals surface area contributed by atoms with Crippen molar-refractivity contribution in [3.05, 3.63) is 79.3 Å². The van der Waals surface area contributed by atoms with Crippen LogP contribution >= 0.6 is 27.5 Å². The standard InChI is InChI=1S/C23H17BrClN3O5/c24-17-7-13(8-18(28(31)32)21(17)33-11-12-1-5-16(25)6-2-12)10-26-27-22(29)19-14-3-4-15(9-14)20(19)23(27)30/h1-8,10,14-15,19-20H,9,11H2/t14-,15-,19-,20+/m0/s1. The first-order chi connectivity index (χ1) is 15.8. The van der Waals surface area contributed by atoms with E-state index in [-0.39, 0.29) is 53.5 Å². The van der Waals surface area contributed by atoms with Gasteiger partial charge in [0.1, 0.15) is 6.61 Å². The lowest BCUT2D eigenvalue weighted by Gasteiger charge is -2.13. The fraction of sp³-hybridized carbons (Fsp3) is 0.261. The van der Waals surface area contributed by atoms with E-state index in [9.17, 15) is 19.7 Å². The van der Waals surface area contributed by atoms with Crippen LogP contribution in [-0.2, 0) is 16.2 Å². The maximum absolute atomic E-state index is 12.8. The van der Waals surface area contributed by atoms with Crippen LogP contribution in [0, 0.1) is 33.8 Å². The second kappa shape index (κ2) is 8.39. The molecule has 10 heteroatoms. The van der Waals surface area contributed by atoms with E-state index >= 15 is 0 Å². The number of nitro groups is 1. The van der Waals surface area contributed by atoms with Crippen LogP contribution in [0.5, 0.6) is 5.75 Å². The fourth-order valence-corrected chi connectivity index (χ4v) is 5.52. The van der Waals surface area contributed by atoms with Crippen molar-refractivity contribution in [1.82, 2.24) is 5.01 Å². The second-order valence-electron chi connectivity index (χ2n) is 8.26. The molecule has 2 aromatic carbocycles. The molecule has 1 aliphatic heterocycles. The first kappa shape index (κ1) is 21.8. The highest BCUT2D eigenvalue weighted by Gasteiger charge is 2.59. The SMILES string of the molecule is O=C1[C@@H]2[C@H](C(=O)N1N=Cc1cc(Br)c(OCc3ccc(Cl)cc3)c([N+](=O)[O-])c1)[C@H]1C=C[C@H]2C1. The first-order valence-corrected chi connectivity index (χ1v) is 11.5. The molecule has 2 aromatic rings. The van der Waals surface area contributed by atoms with Crippen molar-refractivity contribution in [1.29, 1.82) is 0 Å². The maximum Gasteiger partial charge on any atom is 0.312 e. The molecule has 1 saturated carbocycles. The molecule has 0 N–H and O–H groups in total. The normalized spacial score (nSPS) is 25.3. The number of nitrogens with zero attached hydrogens (tertiary/aromatic N) is 3. The lowest BCUT2D eigenvalue weighted by atomic mass is 9.85. The summed E-state index contributed by atoms with van der Waals surface area (Å²) >= 11 is 9.20. The summed E-state index contributed by atoms with van der Waals surface area (Å²) in [6.07, 6.45) is 6.13. The number of hydrogen-bond acceptors (Lipinski definition) is 6. The number of allylic oxidation sites excluding steroid dienone is 2. The van der Waals surface area contributed by atoms with E-state index in [0.717, 1.165) is 17.0 Å². The number of carbonyl (C=O) groups excluding carboxylic acids is 2. The Bertz CT molecular complexity index is 1200. The van der Waals surface area contributed by atoms with Crippen molar-refractivity contribution in [2.24, 2.45) is 28.8 Å². The van der Waals surface area contributed by atoms with Gasteiger partial charge in [-0.2, -0.15) is 10.1 Å². The maximum atomic E-state index is 12.8. The minimum absolute atomic E-state index is 0.0672. The minimum atomic E-state index is -0.556. The molecule has 0 unspecified atom stereocenters. The highest BCUT2D eigenvalue weighted by molar-refractivity contribution is 9.10. The average Bonchev–Trinajstić information content (AvgIpc) is 3.46. The first-order valence-electron chi connectivity index (χ1n) is 10.3. The van der Waals surface area contributed by atoms with E-state index < -0.39 is 4.92 Å². The molecule has 33 heavy (non-hydrogen) atoms. The molecule has 168 valence electrons. The van der Waals surface area contributed by atoms with Crippen LogP contribution in [0.2, 0.25) is 5.02 Å². The van der Waals surface area contributed by atoms with Gasteiger partial charge >= 0.3 is 5.69 Å². The van der Waals surface area contributed by atoms with E-state index in [0.29, 0.717) is 15.1 Å². The molecule has 1 saturated heterocycles. The van der Waals surface area contributed by atoms with Crippen molar-refractivity contribution in [2.75, 3.05) is 0 Å². The van der Waals surface area contributed by atoms with Gasteiger partial charge in [0.15, 0.2) is 0 Å². The number of rotatable bonds is 6. The van der Waals surface area contributed by atoms with Crippen LogP contribution in [0.1, 0.15) is 17.5 Å². The van der Waals surface area contributed by atoms with Crippen LogP contribution < -0.4 is 4.74 Å². The fourth-order valence-electron chi connectivity index (χ4n) is 4.81. The third-order valence-electron chi connectivity index (χ3n) is 6.31. The van der Waals surface area contributed by atoms with Gasteiger partial charge < -0.3 is 4.74 Å². The lowest BCUT2D eigenvalue weighted by molar-refractivity contribution is -0.386. The quantitative estimate of drug-likeness (QED) is 0.177. The van der Waals surface area contributed by atoms with Crippen LogP contribution in [0.4, 0.5) is 5.69 Å². The van der Waals surface area contributed by atoms with Crippen LogP contribution in [0.25, 0.3) is 0 Å². The Kier molecular flexibility index (Phi) is 5.54. The van der Waals surface area contributed by atoms with Gasteiger partial charge in [0, 0.05) is 16.7 Å². The zero-order valence-electron chi connectivity index (χ0n) is 17.1. The Morgan fingerprint density at radius 3 is 2.39 bits per heavy atom. The van der Waals surface area contributed by atoms with Crippen molar-refractivity contribution < 1.29 is 19.2 Å². The summed E-state index contributed by atoms with van der Waals surface area (Å²) in [5, 5.41) is 17.3. The Morgan fingerprint density at radius 1 is 1.15 bits per heavy atom. The molecule has 0 radical (unpaired) electrons. The van der Waals surface area contributed by atoms with E-state index in [1.54, 1.807) is 30.3 Å². The van der Waals surface area contributed by atoms with Crippen LogP contribution in [0.3, 0.4) is 0 Å². The predicted molar refractivity (Wildman–Crippen MR) is 124 cm³/mol. The van der Waals surface area contributed by atoms with Crippen LogP contribution in [-0.4, -0.2) is 28.0 Å². The minimum Gasteiger partial charge on any atom is -0.481 e. The number of benzene rings is 2. The summed E-state index contributed by atoms with van der Waals surface area (Å²) < 4.78 is 6.05. The number of imide groups is 1. The average molecular weight is 531 g/mol.